The lowest BCUT2D eigenvalue weighted by Crippen LogP contribution is -2.26. The molecule has 6 heteroatoms. The molecule has 2 amide bonds. The predicted molar refractivity (Wildman–Crippen MR) is 109 cm³/mol. The highest BCUT2D eigenvalue weighted by molar-refractivity contribution is 6.05. The van der Waals surface area contributed by atoms with E-state index in [0.717, 1.165) is 19.3 Å². The van der Waals surface area contributed by atoms with E-state index in [-0.39, 0.29) is 17.5 Å². The van der Waals surface area contributed by atoms with Crippen LogP contribution in [-0.2, 0) is 0 Å². The van der Waals surface area contributed by atoms with Crippen LogP contribution in [0.4, 0.5) is 5.69 Å². The molecule has 1 aliphatic rings. The van der Waals surface area contributed by atoms with Gasteiger partial charge in [0.2, 0.25) is 0 Å². The molecule has 1 aromatic carbocycles. The van der Waals surface area contributed by atoms with Crippen LogP contribution in [0.15, 0.2) is 54.2 Å². The summed E-state index contributed by atoms with van der Waals surface area (Å²) in [4.78, 5) is 28.9. The van der Waals surface area contributed by atoms with Crippen molar-refractivity contribution in [3.8, 4) is 5.75 Å². The van der Waals surface area contributed by atoms with Gasteiger partial charge in [0.1, 0.15) is 11.4 Å². The molecule has 2 aromatic rings. The summed E-state index contributed by atoms with van der Waals surface area (Å²) in [5.41, 5.74) is 2.63. The fourth-order valence-electron chi connectivity index (χ4n) is 3.16. The number of nitrogens with one attached hydrogen (secondary N) is 2. The maximum atomic E-state index is 12.5. The minimum Gasteiger partial charge on any atom is -0.497 e. The molecule has 0 bridgehead atoms. The number of methoxy groups -OCH3 is 1. The van der Waals surface area contributed by atoms with Crippen LogP contribution >= 0.6 is 0 Å². The second-order valence-corrected chi connectivity index (χ2v) is 6.73. The Morgan fingerprint density at radius 2 is 2.04 bits per heavy atom. The van der Waals surface area contributed by atoms with Gasteiger partial charge in [0, 0.05) is 30.1 Å². The third kappa shape index (κ3) is 5.42. The first-order valence-corrected chi connectivity index (χ1v) is 9.53. The molecule has 0 unspecified atom stereocenters. The summed E-state index contributed by atoms with van der Waals surface area (Å²) in [6, 6.07) is 10.2. The number of ether oxygens (including phenoxy) is 1. The topological polar surface area (TPSA) is 80.3 Å². The largest absolute Gasteiger partial charge is 0.497 e. The van der Waals surface area contributed by atoms with Crippen molar-refractivity contribution in [3.05, 3.63) is 65.5 Å². The van der Waals surface area contributed by atoms with Crippen molar-refractivity contribution in [2.45, 2.75) is 32.1 Å². The van der Waals surface area contributed by atoms with E-state index in [2.05, 4.69) is 21.7 Å². The number of aromatic nitrogens is 1. The van der Waals surface area contributed by atoms with E-state index in [1.54, 1.807) is 37.4 Å². The van der Waals surface area contributed by atoms with Gasteiger partial charge in [-0.2, -0.15) is 0 Å². The van der Waals surface area contributed by atoms with Gasteiger partial charge in [0.15, 0.2) is 0 Å². The molecule has 0 radical (unpaired) electrons. The molecular formula is C22H25N3O3. The average molecular weight is 379 g/mol. The van der Waals surface area contributed by atoms with Gasteiger partial charge in [0.05, 0.1) is 7.11 Å². The van der Waals surface area contributed by atoms with Crippen LogP contribution in [0.3, 0.4) is 0 Å². The van der Waals surface area contributed by atoms with Crippen molar-refractivity contribution in [2.75, 3.05) is 19.0 Å². The van der Waals surface area contributed by atoms with Crippen LogP contribution in [0.1, 0.15) is 53.0 Å². The number of nitrogens with zero attached hydrogens (tertiary/aromatic N) is 1. The molecule has 28 heavy (non-hydrogen) atoms. The number of amides is 2. The molecule has 0 saturated carbocycles. The Balaban J connectivity index is 1.58. The molecule has 0 fully saturated rings. The van der Waals surface area contributed by atoms with Crippen LogP contribution < -0.4 is 15.4 Å². The van der Waals surface area contributed by atoms with Gasteiger partial charge in [-0.25, -0.2) is 0 Å². The fourth-order valence-corrected chi connectivity index (χ4v) is 3.16. The number of allylic oxidation sites excluding steroid dienone is 1. The normalized spacial score (nSPS) is 13.4. The molecular weight excluding hydrogens is 354 g/mol. The number of hydrogen-bond acceptors (Lipinski definition) is 4. The highest BCUT2D eigenvalue weighted by Crippen LogP contribution is 2.19. The SMILES string of the molecule is COc1cccc(NC(=O)c2ccnc(C(=O)NCCC3=CCCCC3)c2)c1. The van der Waals surface area contributed by atoms with E-state index in [1.807, 2.05) is 0 Å². The van der Waals surface area contributed by atoms with Crippen LogP contribution in [0.5, 0.6) is 5.75 Å². The van der Waals surface area contributed by atoms with Gasteiger partial charge >= 0.3 is 0 Å². The van der Waals surface area contributed by atoms with E-state index in [9.17, 15) is 9.59 Å². The Morgan fingerprint density at radius 1 is 1.14 bits per heavy atom. The van der Waals surface area contributed by atoms with Gasteiger partial charge in [-0.05, 0) is 56.4 Å². The molecule has 6 nitrogen and oxygen atoms in total. The van der Waals surface area contributed by atoms with Crippen LogP contribution in [0.2, 0.25) is 0 Å². The smallest absolute Gasteiger partial charge is 0.269 e. The molecule has 0 spiro atoms. The van der Waals surface area contributed by atoms with Gasteiger partial charge in [-0.1, -0.05) is 17.7 Å². The summed E-state index contributed by atoms with van der Waals surface area (Å²) in [6.45, 7) is 0.576. The quantitative estimate of drug-likeness (QED) is 0.714. The van der Waals surface area contributed by atoms with Crippen LogP contribution in [-0.4, -0.2) is 30.5 Å². The van der Waals surface area contributed by atoms with Gasteiger partial charge in [0.25, 0.3) is 11.8 Å². The molecule has 3 rings (SSSR count). The zero-order valence-electron chi connectivity index (χ0n) is 16.0. The lowest BCUT2D eigenvalue weighted by atomic mass is 9.97. The Morgan fingerprint density at radius 3 is 2.82 bits per heavy atom. The molecule has 1 heterocycles. The average Bonchev–Trinajstić information content (AvgIpc) is 2.74. The first kappa shape index (κ1) is 19.6. The summed E-state index contributed by atoms with van der Waals surface area (Å²) in [6.07, 6.45) is 9.35. The Labute approximate surface area is 165 Å². The number of anilines is 1. The number of pyridine rings is 1. The zero-order valence-corrected chi connectivity index (χ0v) is 16.0. The summed E-state index contributed by atoms with van der Waals surface area (Å²) in [7, 11) is 1.57. The lowest BCUT2D eigenvalue weighted by molar-refractivity contribution is 0.0949. The standard InChI is InChI=1S/C22H25N3O3/c1-28-19-9-5-8-18(15-19)25-21(26)17-11-13-23-20(14-17)22(27)24-12-10-16-6-3-2-4-7-16/h5-6,8-9,11,13-15H,2-4,7,10,12H2,1H3,(H,24,27)(H,25,26). The van der Waals surface area contributed by atoms with Crippen LogP contribution in [0, 0.1) is 0 Å². The monoisotopic (exact) mass is 379 g/mol. The third-order valence-corrected chi connectivity index (χ3v) is 4.70. The van der Waals surface area contributed by atoms with E-state index < -0.39 is 0 Å². The maximum absolute atomic E-state index is 12.5. The second-order valence-electron chi connectivity index (χ2n) is 6.73. The predicted octanol–water partition coefficient (Wildman–Crippen LogP) is 3.96. The minimum absolute atomic E-state index is 0.232. The van der Waals surface area contributed by atoms with Crippen molar-refractivity contribution in [1.29, 1.82) is 0 Å². The van der Waals surface area contributed by atoms with E-state index in [1.165, 1.54) is 30.7 Å². The van der Waals surface area contributed by atoms with E-state index >= 15 is 0 Å². The van der Waals surface area contributed by atoms with Crippen molar-refractivity contribution < 1.29 is 14.3 Å². The number of hydrogen-bond donors (Lipinski definition) is 2. The molecule has 146 valence electrons. The number of carbonyl (C=O) groups is 2. The van der Waals surface area contributed by atoms with E-state index in [0.29, 0.717) is 23.5 Å². The molecule has 2 N–H and O–H groups in total. The van der Waals surface area contributed by atoms with Gasteiger partial charge < -0.3 is 15.4 Å². The first-order chi connectivity index (χ1) is 13.7. The highest BCUT2D eigenvalue weighted by atomic mass is 16.5. The lowest BCUT2D eigenvalue weighted by Gasteiger charge is -2.13. The first-order valence-electron chi connectivity index (χ1n) is 9.53. The third-order valence-electron chi connectivity index (χ3n) is 4.70. The molecule has 0 aliphatic heterocycles. The summed E-state index contributed by atoms with van der Waals surface area (Å²) in [5, 5.41) is 5.69. The maximum Gasteiger partial charge on any atom is 0.269 e. The summed E-state index contributed by atoms with van der Waals surface area (Å²) in [5.74, 6) is 0.0742. The van der Waals surface area contributed by atoms with Crippen molar-refractivity contribution in [3.63, 3.8) is 0 Å². The zero-order chi connectivity index (χ0) is 19.8. The minimum atomic E-state index is -0.308. The van der Waals surface area contributed by atoms with E-state index in [4.69, 9.17) is 4.74 Å². The number of benzene rings is 1. The Hall–Kier alpha value is -3.15. The number of rotatable bonds is 7. The highest BCUT2D eigenvalue weighted by Gasteiger charge is 2.13. The Kier molecular flexibility index (Phi) is 6.78. The van der Waals surface area contributed by atoms with Gasteiger partial charge in [-0.15, -0.1) is 0 Å². The van der Waals surface area contributed by atoms with Crippen molar-refractivity contribution in [1.82, 2.24) is 10.3 Å². The molecule has 1 aromatic heterocycles. The molecule has 1 aliphatic carbocycles. The van der Waals surface area contributed by atoms with Crippen LogP contribution in [0.25, 0.3) is 0 Å². The fraction of sp³-hybridized carbons (Fsp3) is 0.318. The Bertz CT molecular complexity index is 877. The number of carbonyl (C=O) groups excluding carboxylic acids is 2. The summed E-state index contributed by atoms with van der Waals surface area (Å²) < 4.78 is 5.16. The molecule has 0 atom stereocenters. The second kappa shape index (κ2) is 9.69. The van der Waals surface area contributed by atoms with Gasteiger partial charge in [-0.3, -0.25) is 14.6 Å². The van der Waals surface area contributed by atoms with Crippen molar-refractivity contribution in [2.24, 2.45) is 0 Å². The summed E-state index contributed by atoms with van der Waals surface area (Å²) >= 11 is 0. The van der Waals surface area contributed by atoms with Crippen molar-refractivity contribution >= 4 is 17.5 Å². The molecule has 0 saturated heterocycles.